The van der Waals surface area contributed by atoms with Gasteiger partial charge < -0.3 is 9.47 Å². The van der Waals surface area contributed by atoms with E-state index in [9.17, 15) is 14.0 Å². The number of halogens is 1. The zero-order chi connectivity index (χ0) is 18.8. The molecule has 0 saturated carbocycles. The molecule has 25 heavy (non-hydrogen) atoms. The molecule has 0 aromatic heterocycles. The van der Waals surface area contributed by atoms with Crippen molar-refractivity contribution >= 4 is 11.9 Å². The van der Waals surface area contributed by atoms with Crippen molar-refractivity contribution in [1.29, 1.82) is 0 Å². The number of benzene rings is 1. The SMILES string of the molecule is CCCC(CC)OC(=O)c1ccc(F)cc1C(=O)OC(CC)CCC. The Balaban J connectivity index is 3.01. The third-order valence-corrected chi connectivity index (χ3v) is 4.10. The molecule has 2 atom stereocenters. The van der Waals surface area contributed by atoms with Gasteiger partial charge in [-0.2, -0.15) is 0 Å². The Morgan fingerprint density at radius 3 is 1.80 bits per heavy atom. The van der Waals surface area contributed by atoms with E-state index in [1.54, 1.807) is 0 Å². The number of rotatable bonds is 10. The van der Waals surface area contributed by atoms with Crippen LogP contribution in [0.5, 0.6) is 0 Å². The highest BCUT2D eigenvalue weighted by Crippen LogP contribution is 2.19. The normalized spacial score (nSPS) is 13.2. The lowest BCUT2D eigenvalue weighted by atomic mass is 10.1. The Hall–Kier alpha value is -1.91. The van der Waals surface area contributed by atoms with E-state index in [2.05, 4.69) is 0 Å². The quantitative estimate of drug-likeness (QED) is 0.536. The van der Waals surface area contributed by atoms with Gasteiger partial charge in [-0.05, 0) is 43.9 Å². The highest BCUT2D eigenvalue weighted by Gasteiger charge is 2.24. The lowest BCUT2D eigenvalue weighted by molar-refractivity contribution is 0.0223. The summed E-state index contributed by atoms with van der Waals surface area (Å²) < 4.78 is 24.5. The minimum absolute atomic E-state index is 0.0484. The lowest BCUT2D eigenvalue weighted by Gasteiger charge is -2.18. The predicted molar refractivity (Wildman–Crippen MR) is 95.2 cm³/mol. The van der Waals surface area contributed by atoms with Gasteiger partial charge in [0.05, 0.1) is 11.1 Å². The fourth-order valence-electron chi connectivity index (χ4n) is 2.63. The van der Waals surface area contributed by atoms with Crippen molar-refractivity contribution in [3.63, 3.8) is 0 Å². The fraction of sp³-hybridized carbons (Fsp3) is 0.600. The molecule has 0 saturated heterocycles. The van der Waals surface area contributed by atoms with Crippen molar-refractivity contribution in [2.24, 2.45) is 0 Å². The lowest BCUT2D eigenvalue weighted by Crippen LogP contribution is -2.22. The number of carbonyl (C=O) groups is 2. The van der Waals surface area contributed by atoms with Crippen molar-refractivity contribution < 1.29 is 23.5 Å². The molecule has 2 unspecified atom stereocenters. The maximum atomic E-state index is 13.6. The Bertz CT molecular complexity index is 571. The highest BCUT2D eigenvalue weighted by molar-refractivity contribution is 6.03. The maximum absolute atomic E-state index is 13.6. The van der Waals surface area contributed by atoms with Gasteiger partial charge in [-0.1, -0.05) is 40.5 Å². The van der Waals surface area contributed by atoms with Gasteiger partial charge in [0, 0.05) is 0 Å². The van der Waals surface area contributed by atoms with E-state index in [-0.39, 0.29) is 23.3 Å². The fourth-order valence-corrected chi connectivity index (χ4v) is 2.63. The van der Waals surface area contributed by atoms with Crippen LogP contribution in [0.15, 0.2) is 18.2 Å². The Labute approximate surface area is 149 Å². The van der Waals surface area contributed by atoms with E-state index in [1.807, 2.05) is 27.7 Å². The standard InChI is InChI=1S/C20H29FO4/c1-5-9-15(7-3)24-19(22)17-12-11-14(21)13-18(17)20(23)25-16(8-4)10-6-2/h11-13,15-16H,5-10H2,1-4H3. The van der Waals surface area contributed by atoms with Crippen LogP contribution in [0, 0.1) is 5.82 Å². The van der Waals surface area contributed by atoms with Crippen molar-refractivity contribution in [2.45, 2.75) is 78.4 Å². The Morgan fingerprint density at radius 2 is 1.36 bits per heavy atom. The molecule has 1 aromatic carbocycles. The Kier molecular flexibility index (Phi) is 9.17. The number of esters is 2. The van der Waals surface area contributed by atoms with Crippen LogP contribution in [0.4, 0.5) is 4.39 Å². The zero-order valence-corrected chi connectivity index (χ0v) is 15.6. The van der Waals surface area contributed by atoms with Crippen LogP contribution in [-0.2, 0) is 9.47 Å². The molecule has 0 bridgehead atoms. The summed E-state index contributed by atoms with van der Waals surface area (Å²) in [4.78, 5) is 24.9. The van der Waals surface area contributed by atoms with E-state index in [4.69, 9.17) is 9.47 Å². The van der Waals surface area contributed by atoms with E-state index < -0.39 is 17.8 Å². The summed E-state index contributed by atoms with van der Waals surface area (Å²) in [7, 11) is 0. The summed E-state index contributed by atoms with van der Waals surface area (Å²) in [5.41, 5.74) is -0.0294. The first-order valence-corrected chi connectivity index (χ1v) is 9.18. The molecule has 0 radical (unpaired) electrons. The topological polar surface area (TPSA) is 52.6 Å². The van der Waals surface area contributed by atoms with Gasteiger partial charge in [-0.15, -0.1) is 0 Å². The molecule has 0 N–H and O–H groups in total. The molecule has 4 nitrogen and oxygen atoms in total. The molecule has 0 aliphatic rings. The van der Waals surface area contributed by atoms with E-state index in [0.717, 1.165) is 37.8 Å². The van der Waals surface area contributed by atoms with Crippen LogP contribution in [0.25, 0.3) is 0 Å². The summed E-state index contributed by atoms with van der Waals surface area (Å²) in [6.45, 7) is 7.87. The van der Waals surface area contributed by atoms with Crippen LogP contribution < -0.4 is 0 Å². The third-order valence-electron chi connectivity index (χ3n) is 4.10. The second-order valence-electron chi connectivity index (χ2n) is 6.14. The summed E-state index contributed by atoms with van der Waals surface area (Å²) in [5, 5.41) is 0. The maximum Gasteiger partial charge on any atom is 0.339 e. The minimum Gasteiger partial charge on any atom is -0.459 e. The summed E-state index contributed by atoms with van der Waals surface area (Å²) in [5.74, 6) is -1.89. The van der Waals surface area contributed by atoms with Gasteiger partial charge in [-0.25, -0.2) is 14.0 Å². The second-order valence-corrected chi connectivity index (χ2v) is 6.14. The van der Waals surface area contributed by atoms with Crippen molar-refractivity contribution in [1.82, 2.24) is 0 Å². The predicted octanol–water partition coefficient (Wildman–Crippen LogP) is 5.30. The molecular formula is C20H29FO4. The smallest absolute Gasteiger partial charge is 0.339 e. The average molecular weight is 352 g/mol. The number of carbonyl (C=O) groups excluding carboxylic acids is 2. The summed E-state index contributed by atoms with van der Waals surface area (Å²) in [6, 6.07) is 3.48. The van der Waals surface area contributed by atoms with Crippen molar-refractivity contribution in [3.05, 3.63) is 35.1 Å². The first-order valence-electron chi connectivity index (χ1n) is 9.18. The summed E-state index contributed by atoms with van der Waals surface area (Å²) in [6.07, 6.45) is 4.14. The monoisotopic (exact) mass is 352 g/mol. The largest absolute Gasteiger partial charge is 0.459 e. The minimum atomic E-state index is -0.685. The van der Waals surface area contributed by atoms with E-state index >= 15 is 0 Å². The Morgan fingerprint density at radius 1 is 0.880 bits per heavy atom. The van der Waals surface area contributed by atoms with Gasteiger partial charge in [0.15, 0.2) is 0 Å². The molecule has 0 aliphatic carbocycles. The van der Waals surface area contributed by atoms with Gasteiger partial charge in [0.1, 0.15) is 18.0 Å². The molecule has 1 rings (SSSR count). The van der Waals surface area contributed by atoms with Gasteiger partial charge >= 0.3 is 11.9 Å². The second kappa shape index (κ2) is 10.9. The molecule has 1 aromatic rings. The molecule has 0 amide bonds. The number of hydrogen-bond acceptors (Lipinski definition) is 4. The van der Waals surface area contributed by atoms with E-state index in [1.165, 1.54) is 6.07 Å². The van der Waals surface area contributed by atoms with Crippen molar-refractivity contribution in [2.75, 3.05) is 0 Å². The van der Waals surface area contributed by atoms with Crippen LogP contribution in [-0.4, -0.2) is 24.1 Å². The first kappa shape index (κ1) is 21.1. The molecule has 140 valence electrons. The molecular weight excluding hydrogens is 323 g/mol. The molecule has 5 heteroatoms. The summed E-state index contributed by atoms with van der Waals surface area (Å²) >= 11 is 0. The number of hydrogen-bond donors (Lipinski definition) is 0. The first-order chi connectivity index (χ1) is 12.0. The molecule has 0 heterocycles. The van der Waals surface area contributed by atoms with Crippen LogP contribution in [0.3, 0.4) is 0 Å². The van der Waals surface area contributed by atoms with Crippen LogP contribution >= 0.6 is 0 Å². The molecule has 0 spiro atoms. The highest BCUT2D eigenvalue weighted by atomic mass is 19.1. The number of ether oxygens (including phenoxy) is 2. The van der Waals surface area contributed by atoms with Gasteiger partial charge in [-0.3, -0.25) is 0 Å². The van der Waals surface area contributed by atoms with Gasteiger partial charge in [0.2, 0.25) is 0 Å². The average Bonchev–Trinajstić information content (AvgIpc) is 2.60. The van der Waals surface area contributed by atoms with E-state index in [0.29, 0.717) is 12.8 Å². The molecule has 0 fully saturated rings. The zero-order valence-electron chi connectivity index (χ0n) is 15.6. The van der Waals surface area contributed by atoms with Crippen molar-refractivity contribution in [3.8, 4) is 0 Å². The van der Waals surface area contributed by atoms with Crippen LogP contribution in [0.1, 0.15) is 86.9 Å². The van der Waals surface area contributed by atoms with Crippen LogP contribution in [0.2, 0.25) is 0 Å². The third kappa shape index (κ3) is 6.48. The molecule has 0 aliphatic heterocycles. The van der Waals surface area contributed by atoms with Gasteiger partial charge in [0.25, 0.3) is 0 Å².